The van der Waals surface area contributed by atoms with Gasteiger partial charge in [0, 0.05) is 17.6 Å². The maximum Gasteiger partial charge on any atom is 0.165 e. The predicted octanol–water partition coefficient (Wildman–Crippen LogP) is 1.78. The highest BCUT2D eigenvalue weighted by atomic mass is 32.2. The number of nitrogens with zero attached hydrogens (tertiary/aromatic N) is 2. The number of aromatic nitrogens is 2. The number of aromatic amines is 1. The van der Waals surface area contributed by atoms with E-state index in [1.54, 1.807) is 24.2 Å². The second kappa shape index (κ2) is 5.19. The maximum absolute atomic E-state index is 9.02. The van der Waals surface area contributed by atoms with E-state index in [1.807, 2.05) is 14.0 Å². The molecule has 0 fully saturated rings. The number of nitriles is 1. The van der Waals surface area contributed by atoms with Crippen molar-refractivity contribution in [2.75, 3.05) is 7.05 Å². The lowest BCUT2D eigenvalue weighted by Gasteiger charge is -2.23. The molecule has 0 amide bonds. The first-order valence-electron chi connectivity index (χ1n) is 4.86. The topological polar surface area (TPSA) is 64.5 Å². The Morgan fingerprint density at radius 1 is 1.80 bits per heavy atom. The number of thioether (sulfide) groups is 1. The standard InChI is InChI=1S/C10H16N4S/c1-8(6-10(2,7-11)12-3)15-9-13-4-5-14-9/h4-5,8,12H,6H2,1-3H3,(H,13,14). The van der Waals surface area contributed by atoms with Crippen LogP contribution in [0.4, 0.5) is 0 Å². The third-order valence-electron chi connectivity index (χ3n) is 2.28. The molecule has 0 aliphatic heterocycles. The lowest BCUT2D eigenvalue weighted by atomic mass is 9.98. The zero-order chi connectivity index (χ0) is 11.3. The van der Waals surface area contributed by atoms with E-state index in [9.17, 15) is 0 Å². The van der Waals surface area contributed by atoms with Gasteiger partial charge in [0.2, 0.25) is 0 Å². The molecule has 2 atom stereocenters. The normalized spacial score (nSPS) is 16.7. The summed E-state index contributed by atoms with van der Waals surface area (Å²) in [6.07, 6.45) is 4.32. The average molecular weight is 224 g/mol. The van der Waals surface area contributed by atoms with Gasteiger partial charge < -0.3 is 10.3 Å². The van der Waals surface area contributed by atoms with Crippen LogP contribution in [0, 0.1) is 11.3 Å². The van der Waals surface area contributed by atoms with Crippen molar-refractivity contribution < 1.29 is 0 Å². The fraction of sp³-hybridized carbons (Fsp3) is 0.600. The van der Waals surface area contributed by atoms with Gasteiger partial charge in [-0.25, -0.2) is 4.98 Å². The summed E-state index contributed by atoms with van der Waals surface area (Å²) in [4.78, 5) is 7.18. The SMILES string of the molecule is CNC(C)(C#N)CC(C)Sc1ncc[nH]1. The first-order chi connectivity index (χ1) is 7.09. The molecule has 1 aromatic heterocycles. The average Bonchev–Trinajstić information content (AvgIpc) is 2.70. The van der Waals surface area contributed by atoms with Crippen LogP contribution < -0.4 is 5.32 Å². The van der Waals surface area contributed by atoms with Gasteiger partial charge in [0.05, 0.1) is 6.07 Å². The first kappa shape index (κ1) is 12.1. The smallest absolute Gasteiger partial charge is 0.165 e. The first-order valence-corrected chi connectivity index (χ1v) is 5.74. The highest BCUT2D eigenvalue weighted by Crippen LogP contribution is 2.25. The summed E-state index contributed by atoms with van der Waals surface area (Å²) in [5.41, 5.74) is -0.459. The van der Waals surface area contributed by atoms with Crippen molar-refractivity contribution in [2.45, 2.75) is 36.2 Å². The minimum absolute atomic E-state index is 0.341. The van der Waals surface area contributed by atoms with E-state index in [2.05, 4.69) is 28.3 Å². The monoisotopic (exact) mass is 224 g/mol. The van der Waals surface area contributed by atoms with Gasteiger partial charge >= 0.3 is 0 Å². The molecule has 1 rings (SSSR count). The zero-order valence-corrected chi connectivity index (χ0v) is 10.1. The lowest BCUT2D eigenvalue weighted by Crippen LogP contribution is -2.40. The van der Waals surface area contributed by atoms with E-state index in [0.717, 1.165) is 11.6 Å². The largest absolute Gasteiger partial charge is 0.340 e. The van der Waals surface area contributed by atoms with Crippen LogP contribution in [0.1, 0.15) is 20.3 Å². The summed E-state index contributed by atoms with van der Waals surface area (Å²) >= 11 is 1.65. The van der Waals surface area contributed by atoms with Crippen LogP contribution >= 0.6 is 11.8 Å². The Hall–Kier alpha value is -0.990. The Kier molecular flexibility index (Phi) is 4.18. The van der Waals surface area contributed by atoms with E-state index in [-0.39, 0.29) is 0 Å². The van der Waals surface area contributed by atoms with Crippen molar-refractivity contribution >= 4 is 11.8 Å². The Morgan fingerprint density at radius 3 is 3.00 bits per heavy atom. The zero-order valence-electron chi connectivity index (χ0n) is 9.24. The molecular formula is C10H16N4S. The van der Waals surface area contributed by atoms with E-state index >= 15 is 0 Å². The van der Waals surface area contributed by atoms with Gasteiger partial charge in [0.25, 0.3) is 0 Å². The molecule has 82 valence electrons. The maximum atomic E-state index is 9.02. The highest BCUT2D eigenvalue weighted by Gasteiger charge is 2.24. The summed E-state index contributed by atoms with van der Waals surface area (Å²) in [7, 11) is 1.81. The molecule has 4 nitrogen and oxygen atoms in total. The van der Waals surface area contributed by atoms with Crippen LogP contribution in [0.5, 0.6) is 0 Å². The Morgan fingerprint density at radius 2 is 2.53 bits per heavy atom. The molecule has 0 saturated heterocycles. The number of hydrogen-bond acceptors (Lipinski definition) is 4. The summed E-state index contributed by atoms with van der Waals surface area (Å²) in [5.74, 6) is 0. The number of hydrogen-bond donors (Lipinski definition) is 2. The third kappa shape index (κ3) is 3.57. The Labute approximate surface area is 94.5 Å². The van der Waals surface area contributed by atoms with Crippen LogP contribution in [0.3, 0.4) is 0 Å². The van der Waals surface area contributed by atoms with E-state index in [0.29, 0.717) is 5.25 Å². The quantitative estimate of drug-likeness (QED) is 0.748. The molecule has 1 aromatic rings. The summed E-state index contributed by atoms with van der Waals surface area (Å²) in [5, 5.41) is 13.3. The fourth-order valence-corrected chi connectivity index (χ4v) is 2.38. The van der Waals surface area contributed by atoms with Crippen molar-refractivity contribution in [2.24, 2.45) is 0 Å². The molecule has 2 N–H and O–H groups in total. The molecule has 0 aliphatic carbocycles. The van der Waals surface area contributed by atoms with Crippen LogP contribution in [-0.4, -0.2) is 27.8 Å². The van der Waals surface area contributed by atoms with E-state index < -0.39 is 5.54 Å². The van der Waals surface area contributed by atoms with Crippen molar-refractivity contribution in [1.29, 1.82) is 5.26 Å². The molecule has 5 heteroatoms. The van der Waals surface area contributed by atoms with Crippen molar-refractivity contribution in [1.82, 2.24) is 15.3 Å². The minimum Gasteiger partial charge on any atom is -0.340 e. The van der Waals surface area contributed by atoms with Gasteiger partial charge in [0.1, 0.15) is 5.54 Å². The molecule has 0 radical (unpaired) electrons. The van der Waals surface area contributed by atoms with E-state index in [1.165, 1.54) is 0 Å². The van der Waals surface area contributed by atoms with Crippen LogP contribution in [0.2, 0.25) is 0 Å². The van der Waals surface area contributed by atoms with Gasteiger partial charge in [-0.2, -0.15) is 5.26 Å². The van der Waals surface area contributed by atoms with Gasteiger partial charge in [-0.3, -0.25) is 0 Å². The Balaban J connectivity index is 2.49. The molecule has 0 saturated carbocycles. The third-order valence-corrected chi connectivity index (χ3v) is 3.30. The summed E-state index contributed by atoms with van der Waals surface area (Å²) in [6, 6.07) is 2.28. The van der Waals surface area contributed by atoms with Gasteiger partial charge in [0.15, 0.2) is 5.16 Å². The molecule has 0 aromatic carbocycles. The van der Waals surface area contributed by atoms with Crippen LogP contribution in [0.25, 0.3) is 0 Å². The second-order valence-corrected chi connectivity index (χ2v) is 5.15. The second-order valence-electron chi connectivity index (χ2n) is 3.72. The van der Waals surface area contributed by atoms with E-state index in [4.69, 9.17) is 5.26 Å². The number of rotatable bonds is 5. The Bertz CT molecular complexity index is 330. The highest BCUT2D eigenvalue weighted by molar-refractivity contribution is 7.99. The van der Waals surface area contributed by atoms with Crippen LogP contribution in [0.15, 0.2) is 17.6 Å². The molecule has 0 spiro atoms. The van der Waals surface area contributed by atoms with Crippen LogP contribution in [-0.2, 0) is 0 Å². The van der Waals surface area contributed by atoms with Gasteiger partial charge in [-0.1, -0.05) is 18.7 Å². The summed E-state index contributed by atoms with van der Waals surface area (Å²) in [6.45, 7) is 4.01. The predicted molar refractivity (Wildman–Crippen MR) is 61.6 cm³/mol. The van der Waals surface area contributed by atoms with Crippen molar-refractivity contribution in [3.8, 4) is 6.07 Å². The minimum atomic E-state index is -0.459. The van der Waals surface area contributed by atoms with Crippen molar-refractivity contribution in [3.05, 3.63) is 12.4 Å². The lowest BCUT2D eigenvalue weighted by molar-refractivity contribution is 0.455. The fourth-order valence-electron chi connectivity index (χ4n) is 1.33. The number of imidazole rings is 1. The van der Waals surface area contributed by atoms with Gasteiger partial charge in [-0.05, 0) is 20.4 Å². The van der Waals surface area contributed by atoms with Crippen molar-refractivity contribution in [3.63, 3.8) is 0 Å². The number of H-pyrrole nitrogens is 1. The molecule has 2 unspecified atom stereocenters. The summed E-state index contributed by atoms with van der Waals surface area (Å²) < 4.78 is 0. The van der Waals surface area contributed by atoms with Gasteiger partial charge in [-0.15, -0.1) is 0 Å². The molecule has 15 heavy (non-hydrogen) atoms. The number of nitrogens with one attached hydrogen (secondary N) is 2. The molecule has 1 heterocycles. The molecule has 0 bridgehead atoms. The molecular weight excluding hydrogens is 208 g/mol. The molecule has 0 aliphatic rings.